The fourth-order valence-electron chi connectivity index (χ4n) is 2.50. The first-order valence-electron chi connectivity index (χ1n) is 7.14. The molecule has 1 aliphatic heterocycles. The summed E-state index contributed by atoms with van der Waals surface area (Å²) in [4.78, 5) is 6.75. The van der Waals surface area contributed by atoms with Crippen molar-refractivity contribution < 1.29 is 4.74 Å². The van der Waals surface area contributed by atoms with Gasteiger partial charge in [0.1, 0.15) is 0 Å². The minimum Gasteiger partial charge on any atom is -0.371 e. The molecule has 3 heteroatoms. The van der Waals surface area contributed by atoms with Crippen LogP contribution in [-0.4, -0.2) is 30.3 Å². The minimum atomic E-state index is -0.120. The van der Waals surface area contributed by atoms with Gasteiger partial charge in [0.15, 0.2) is 0 Å². The molecule has 1 fully saturated rings. The third-order valence-corrected chi connectivity index (χ3v) is 3.84. The van der Waals surface area contributed by atoms with Crippen molar-refractivity contribution in [2.75, 3.05) is 24.6 Å². The van der Waals surface area contributed by atoms with E-state index in [9.17, 15) is 0 Å². The summed E-state index contributed by atoms with van der Waals surface area (Å²) in [5.41, 5.74) is 2.15. The number of aryl methyl sites for hydroxylation is 1. The molecule has 104 valence electrons. The van der Waals surface area contributed by atoms with Crippen LogP contribution in [-0.2, 0) is 4.74 Å². The molecular formula is C16H24N2O. The topological polar surface area (TPSA) is 25.4 Å². The Balaban J connectivity index is 1.97. The predicted octanol–water partition coefficient (Wildman–Crippen LogP) is 3.34. The molecule has 0 aliphatic carbocycles. The maximum atomic E-state index is 6.01. The van der Waals surface area contributed by atoms with Crippen LogP contribution in [0.4, 0.5) is 5.69 Å². The van der Waals surface area contributed by atoms with E-state index in [4.69, 9.17) is 4.74 Å². The van der Waals surface area contributed by atoms with E-state index in [1.54, 1.807) is 0 Å². The number of ether oxygens (including phenoxy) is 1. The summed E-state index contributed by atoms with van der Waals surface area (Å²) in [6.07, 6.45) is 7.02. The molecule has 0 unspecified atom stereocenters. The van der Waals surface area contributed by atoms with Gasteiger partial charge in [-0.1, -0.05) is 13.0 Å². The predicted molar refractivity (Wildman–Crippen MR) is 79.6 cm³/mol. The molecule has 0 bridgehead atoms. The lowest BCUT2D eigenvalue weighted by Gasteiger charge is -2.40. The van der Waals surface area contributed by atoms with Crippen molar-refractivity contribution in [3.8, 4) is 0 Å². The van der Waals surface area contributed by atoms with Crippen LogP contribution < -0.4 is 4.90 Å². The number of piperidine rings is 1. The van der Waals surface area contributed by atoms with E-state index in [1.807, 2.05) is 19.2 Å². The van der Waals surface area contributed by atoms with Gasteiger partial charge in [-0.2, -0.15) is 0 Å². The number of aromatic nitrogens is 1. The quantitative estimate of drug-likeness (QED) is 0.759. The number of nitrogens with zero attached hydrogens (tertiary/aromatic N) is 2. The molecule has 3 nitrogen and oxygen atoms in total. The van der Waals surface area contributed by atoms with Gasteiger partial charge in [0.05, 0.1) is 17.5 Å². The summed E-state index contributed by atoms with van der Waals surface area (Å²) >= 11 is 0. The highest BCUT2D eigenvalue weighted by Crippen LogP contribution is 2.30. The van der Waals surface area contributed by atoms with E-state index >= 15 is 0 Å². The van der Waals surface area contributed by atoms with Gasteiger partial charge in [0.2, 0.25) is 0 Å². The molecule has 0 spiro atoms. The lowest BCUT2D eigenvalue weighted by molar-refractivity contribution is -0.0243. The van der Waals surface area contributed by atoms with Crippen LogP contribution in [0.5, 0.6) is 0 Å². The van der Waals surface area contributed by atoms with Crippen molar-refractivity contribution in [1.82, 2.24) is 4.98 Å². The average molecular weight is 260 g/mol. The third kappa shape index (κ3) is 3.35. The fourth-order valence-corrected chi connectivity index (χ4v) is 2.50. The van der Waals surface area contributed by atoms with Crippen LogP contribution >= 0.6 is 0 Å². The zero-order chi connectivity index (χ0) is 13.7. The summed E-state index contributed by atoms with van der Waals surface area (Å²) in [5, 5.41) is 0. The molecule has 0 radical (unpaired) electrons. The van der Waals surface area contributed by atoms with E-state index in [0.717, 1.165) is 44.7 Å². The molecule has 19 heavy (non-hydrogen) atoms. The molecular weight excluding hydrogens is 236 g/mol. The minimum absolute atomic E-state index is 0.120. The maximum Gasteiger partial charge on any atom is 0.0893 e. The second kappa shape index (κ2) is 6.20. The Bertz CT molecular complexity index is 405. The molecule has 1 aromatic heterocycles. The van der Waals surface area contributed by atoms with Crippen LogP contribution in [0.2, 0.25) is 0 Å². The van der Waals surface area contributed by atoms with Gasteiger partial charge < -0.3 is 9.64 Å². The maximum absolute atomic E-state index is 6.01. The zero-order valence-corrected chi connectivity index (χ0v) is 12.1. The Morgan fingerprint density at radius 3 is 2.68 bits per heavy atom. The summed E-state index contributed by atoms with van der Waals surface area (Å²) in [7, 11) is 0. The Hall–Kier alpha value is -1.35. The van der Waals surface area contributed by atoms with Gasteiger partial charge in [-0.25, -0.2) is 0 Å². The second-order valence-corrected chi connectivity index (χ2v) is 5.26. The van der Waals surface area contributed by atoms with Gasteiger partial charge >= 0.3 is 0 Å². The number of pyridine rings is 1. The van der Waals surface area contributed by atoms with Crippen molar-refractivity contribution in [2.24, 2.45) is 0 Å². The first-order chi connectivity index (χ1) is 9.19. The Morgan fingerprint density at radius 2 is 2.16 bits per heavy atom. The normalized spacial score (nSPS) is 18.3. The monoisotopic (exact) mass is 260 g/mol. The highest BCUT2D eigenvalue weighted by molar-refractivity contribution is 5.45. The first kappa shape index (κ1) is 14.1. The fraction of sp³-hybridized carbons (Fsp3) is 0.562. The standard InChI is InChI=1S/C16H24N2O/c1-4-12-19-16(5-2)8-10-18(11-9-16)15-7-6-14(3)17-13-15/h5-7,13H,2,4,8-12H2,1,3H3. The van der Waals surface area contributed by atoms with E-state index in [-0.39, 0.29) is 5.60 Å². The first-order valence-corrected chi connectivity index (χ1v) is 7.14. The molecule has 0 atom stereocenters. The van der Waals surface area contributed by atoms with Gasteiger partial charge in [-0.05, 0) is 38.3 Å². The number of hydrogen-bond donors (Lipinski definition) is 0. The van der Waals surface area contributed by atoms with Crippen molar-refractivity contribution in [2.45, 2.75) is 38.7 Å². The summed E-state index contributed by atoms with van der Waals surface area (Å²) in [6, 6.07) is 4.22. The molecule has 0 saturated carbocycles. The van der Waals surface area contributed by atoms with Gasteiger partial charge in [0, 0.05) is 25.4 Å². The van der Waals surface area contributed by atoms with Crippen LogP contribution in [0.25, 0.3) is 0 Å². The Morgan fingerprint density at radius 1 is 1.42 bits per heavy atom. The van der Waals surface area contributed by atoms with Gasteiger partial charge in [-0.3, -0.25) is 4.98 Å². The molecule has 0 aromatic carbocycles. The lowest BCUT2D eigenvalue weighted by atomic mass is 9.91. The summed E-state index contributed by atoms with van der Waals surface area (Å²) in [5.74, 6) is 0. The average Bonchev–Trinajstić information content (AvgIpc) is 2.47. The Labute approximate surface area is 116 Å². The molecule has 0 N–H and O–H groups in total. The summed E-state index contributed by atoms with van der Waals surface area (Å²) < 4.78 is 6.01. The van der Waals surface area contributed by atoms with Crippen molar-refractivity contribution >= 4 is 5.69 Å². The van der Waals surface area contributed by atoms with Crippen LogP contribution in [0.15, 0.2) is 31.0 Å². The van der Waals surface area contributed by atoms with Crippen molar-refractivity contribution in [3.63, 3.8) is 0 Å². The number of anilines is 1. The van der Waals surface area contributed by atoms with E-state index in [0.29, 0.717) is 0 Å². The number of rotatable bonds is 5. The van der Waals surface area contributed by atoms with E-state index in [2.05, 4.69) is 35.5 Å². The van der Waals surface area contributed by atoms with Crippen molar-refractivity contribution in [3.05, 3.63) is 36.7 Å². The molecule has 1 aromatic rings. The van der Waals surface area contributed by atoms with Crippen molar-refractivity contribution in [1.29, 1.82) is 0 Å². The van der Waals surface area contributed by atoms with Crippen LogP contribution in [0, 0.1) is 6.92 Å². The highest BCUT2D eigenvalue weighted by Gasteiger charge is 2.32. The molecule has 0 amide bonds. The largest absolute Gasteiger partial charge is 0.371 e. The number of hydrogen-bond acceptors (Lipinski definition) is 3. The SMILES string of the molecule is C=CC1(OCCC)CCN(c2ccc(C)nc2)CC1. The van der Waals surface area contributed by atoms with E-state index < -0.39 is 0 Å². The van der Waals surface area contributed by atoms with Gasteiger partial charge in [0.25, 0.3) is 0 Å². The van der Waals surface area contributed by atoms with Crippen LogP contribution in [0.1, 0.15) is 31.9 Å². The molecule has 2 heterocycles. The Kier molecular flexibility index (Phi) is 4.59. The van der Waals surface area contributed by atoms with E-state index in [1.165, 1.54) is 5.69 Å². The molecule has 2 rings (SSSR count). The van der Waals surface area contributed by atoms with Crippen LogP contribution in [0.3, 0.4) is 0 Å². The second-order valence-electron chi connectivity index (χ2n) is 5.26. The molecule has 1 saturated heterocycles. The van der Waals surface area contributed by atoms with Gasteiger partial charge in [-0.15, -0.1) is 6.58 Å². The summed E-state index contributed by atoms with van der Waals surface area (Å²) in [6.45, 7) is 10.9. The highest BCUT2D eigenvalue weighted by atomic mass is 16.5. The lowest BCUT2D eigenvalue weighted by Crippen LogP contribution is -2.45. The smallest absolute Gasteiger partial charge is 0.0893 e. The third-order valence-electron chi connectivity index (χ3n) is 3.84. The zero-order valence-electron chi connectivity index (χ0n) is 12.1. The molecule has 1 aliphatic rings.